The number of nitrogens with two attached hydrogens (primary N) is 1. The number of rotatable bonds is 9. The van der Waals surface area contributed by atoms with Crippen LogP contribution in [0.3, 0.4) is 0 Å². The summed E-state index contributed by atoms with van der Waals surface area (Å²) < 4.78 is 0. The van der Waals surface area contributed by atoms with E-state index in [0.29, 0.717) is 19.4 Å². The third-order valence-electron chi connectivity index (χ3n) is 5.56. The van der Waals surface area contributed by atoms with Crippen molar-refractivity contribution in [3.63, 3.8) is 0 Å². The minimum Gasteiger partial charge on any atom is -0.368 e. The first-order chi connectivity index (χ1) is 14.5. The van der Waals surface area contributed by atoms with E-state index in [1.54, 1.807) is 39.2 Å². The Kier molecular flexibility index (Phi) is 10.2. The second-order valence-electron chi connectivity index (χ2n) is 8.12. The molecule has 31 heavy (non-hydrogen) atoms. The van der Waals surface area contributed by atoms with Crippen LogP contribution >= 0.6 is 0 Å². The van der Waals surface area contributed by atoms with Gasteiger partial charge in [0.25, 0.3) is 0 Å². The van der Waals surface area contributed by atoms with E-state index < -0.39 is 24.0 Å². The van der Waals surface area contributed by atoms with Crippen LogP contribution < -0.4 is 5.73 Å². The molecule has 1 fully saturated rings. The van der Waals surface area contributed by atoms with Gasteiger partial charge in [-0.1, -0.05) is 44.2 Å². The molecule has 4 amide bonds. The number of allylic oxidation sites excluding steroid dienone is 5. The summed E-state index contributed by atoms with van der Waals surface area (Å²) >= 11 is 0. The maximum atomic E-state index is 13.2. The molecule has 2 N–H and O–H groups in total. The van der Waals surface area contributed by atoms with Gasteiger partial charge in [-0.2, -0.15) is 0 Å². The molecule has 1 rings (SSSR count). The summed E-state index contributed by atoms with van der Waals surface area (Å²) in [6.45, 7) is 7.67. The van der Waals surface area contributed by atoms with Crippen LogP contribution in [-0.2, 0) is 19.2 Å². The first kappa shape index (κ1) is 26.1. The Morgan fingerprint density at radius 3 is 2.16 bits per heavy atom. The Bertz CT molecular complexity index is 757. The second-order valence-corrected chi connectivity index (χ2v) is 8.12. The Morgan fingerprint density at radius 1 is 1.00 bits per heavy atom. The van der Waals surface area contributed by atoms with Crippen molar-refractivity contribution < 1.29 is 19.2 Å². The summed E-state index contributed by atoms with van der Waals surface area (Å²) in [7, 11) is 3.12. The molecule has 0 saturated carbocycles. The van der Waals surface area contributed by atoms with Gasteiger partial charge in [0.15, 0.2) is 0 Å². The lowest BCUT2D eigenvalue weighted by Gasteiger charge is -2.36. The number of hydrogen-bond acceptors (Lipinski definition) is 4. The minimum absolute atomic E-state index is 0.164. The van der Waals surface area contributed by atoms with Crippen molar-refractivity contribution in [3.8, 4) is 0 Å². The topological polar surface area (TPSA) is 104 Å². The predicted octanol–water partition coefficient (Wildman–Crippen LogP) is 1.48. The van der Waals surface area contributed by atoms with Gasteiger partial charge in [-0.15, -0.1) is 0 Å². The van der Waals surface area contributed by atoms with Crippen molar-refractivity contribution in [2.75, 3.05) is 20.6 Å². The van der Waals surface area contributed by atoms with Crippen molar-refractivity contribution in [1.82, 2.24) is 14.7 Å². The maximum absolute atomic E-state index is 13.2. The fourth-order valence-corrected chi connectivity index (χ4v) is 3.66. The Labute approximate surface area is 185 Å². The molecule has 0 aromatic carbocycles. The van der Waals surface area contributed by atoms with Crippen molar-refractivity contribution in [2.45, 2.75) is 58.7 Å². The smallest absolute Gasteiger partial charge is 0.246 e. The first-order valence-electron chi connectivity index (χ1n) is 10.6. The number of carbonyl (C=O) groups is 4. The molecule has 0 radical (unpaired) electrons. The highest BCUT2D eigenvalue weighted by atomic mass is 16.2. The fourth-order valence-electron chi connectivity index (χ4n) is 3.66. The van der Waals surface area contributed by atoms with Crippen LogP contribution in [0.5, 0.6) is 0 Å². The average molecular weight is 433 g/mol. The van der Waals surface area contributed by atoms with Crippen LogP contribution in [0.15, 0.2) is 36.5 Å². The quantitative estimate of drug-likeness (QED) is 0.440. The molecule has 3 atom stereocenters. The SMILES string of the molecule is C/C=C/C=C/C=C/C(=O)N(C)[C@@H](C(=O)N(C)[C@H](C)C(=O)N1CCC[C@@H]1C(N)=O)C(C)C. The molecule has 0 spiro atoms. The van der Waals surface area contributed by atoms with E-state index in [-0.39, 0.29) is 23.6 Å². The summed E-state index contributed by atoms with van der Waals surface area (Å²) in [6, 6.07) is -2.15. The number of amides is 4. The van der Waals surface area contributed by atoms with Crippen molar-refractivity contribution in [1.29, 1.82) is 0 Å². The summed E-state index contributed by atoms with van der Waals surface area (Å²) in [4.78, 5) is 54.6. The molecule has 1 saturated heterocycles. The minimum atomic E-state index is -0.781. The highest BCUT2D eigenvalue weighted by molar-refractivity contribution is 5.95. The Balaban J connectivity index is 2.94. The molecule has 1 heterocycles. The fraction of sp³-hybridized carbons (Fsp3) is 0.565. The molecule has 0 aromatic rings. The molecule has 1 aliphatic rings. The van der Waals surface area contributed by atoms with Crippen LogP contribution in [0.25, 0.3) is 0 Å². The lowest BCUT2D eigenvalue weighted by Crippen LogP contribution is -2.57. The second kappa shape index (κ2) is 12.1. The highest BCUT2D eigenvalue weighted by Gasteiger charge is 2.39. The predicted molar refractivity (Wildman–Crippen MR) is 121 cm³/mol. The van der Waals surface area contributed by atoms with E-state index in [9.17, 15) is 19.2 Å². The molecular formula is C23H36N4O4. The summed E-state index contributed by atoms with van der Waals surface area (Å²) in [6.07, 6.45) is 11.5. The lowest BCUT2D eigenvalue weighted by atomic mass is 10.0. The van der Waals surface area contributed by atoms with E-state index in [1.165, 1.54) is 20.8 Å². The monoisotopic (exact) mass is 432 g/mol. The molecule has 0 unspecified atom stereocenters. The molecule has 8 heteroatoms. The van der Waals surface area contributed by atoms with Gasteiger partial charge in [-0.05, 0) is 32.6 Å². The zero-order chi connectivity index (χ0) is 23.7. The van der Waals surface area contributed by atoms with E-state index in [1.807, 2.05) is 32.9 Å². The molecule has 0 aliphatic carbocycles. The van der Waals surface area contributed by atoms with Gasteiger partial charge < -0.3 is 20.4 Å². The van der Waals surface area contributed by atoms with Gasteiger partial charge in [0, 0.05) is 26.7 Å². The lowest BCUT2D eigenvalue weighted by molar-refractivity contribution is -0.151. The third-order valence-corrected chi connectivity index (χ3v) is 5.56. The van der Waals surface area contributed by atoms with Crippen LogP contribution in [0.4, 0.5) is 0 Å². The summed E-state index contributed by atoms with van der Waals surface area (Å²) in [5, 5.41) is 0. The highest BCUT2D eigenvalue weighted by Crippen LogP contribution is 2.20. The van der Waals surface area contributed by atoms with Crippen molar-refractivity contribution in [3.05, 3.63) is 36.5 Å². The number of likely N-dealkylation sites (tertiary alicyclic amines) is 1. The van der Waals surface area contributed by atoms with Gasteiger partial charge >= 0.3 is 0 Å². The molecule has 1 aliphatic heterocycles. The third kappa shape index (κ3) is 6.80. The van der Waals surface area contributed by atoms with Crippen LogP contribution in [0.1, 0.15) is 40.5 Å². The van der Waals surface area contributed by atoms with Crippen molar-refractivity contribution >= 4 is 23.6 Å². The Hall–Kier alpha value is -2.90. The van der Waals surface area contributed by atoms with Gasteiger partial charge in [0.2, 0.25) is 23.6 Å². The number of likely N-dealkylation sites (N-methyl/N-ethyl adjacent to an activating group) is 2. The van der Waals surface area contributed by atoms with E-state index in [4.69, 9.17) is 5.73 Å². The number of carbonyl (C=O) groups excluding carboxylic acids is 4. The van der Waals surface area contributed by atoms with E-state index in [2.05, 4.69) is 0 Å². The van der Waals surface area contributed by atoms with Gasteiger partial charge in [0.05, 0.1) is 0 Å². The molecule has 0 bridgehead atoms. The summed E-state index contributed by atoms with van der Waals surface area (Å²) in [5.74, 6) is -1.66. The number of nitrogens with zero attached hydrogens (tertiary/aromatic N) is 3. The van der Waals surface area contributed by atoms with Gasteiger partial charge in [0.1, 0.15) is 18.1 Å². The zero-order valence-corrected chi connectivity index (χ0v) is 19.4. The standard InChI is InChI=1S/C23H36N4O4/c1-7-8-9-10-11-14-19(28)26(6)20(16(2)3)23(31)25(5)17(4)22(30)27-15-12-13-18(27)21(24)29/h7-11,14,16-18,20H,12-13,15H2,1-6H3,(H2,24,29)/b8-7+,10-9+,14-11+/t17-,18-,20-/m1/s1. The van der Waals surface area contributed by atoms with Gasteiger partial charge in [-0.3, -0.25) is 19.2 Å². The largest absolute Gasteiger partial charge is 0.368 e. The van der Waals surface area contributed by atoms with Gasteiger partial charge in [-0.25, -0.2) is 0 Å². The molecular weight excluding hydrogens is 396 g/mol. The number of primary amides is 1. The first-order valence-corrected chi connectivity index (χ1v) is 10.6. The van der Waals surface area contributed by atoms with Crippen LogP contribution in [0.2, 0.25) is 0 Å². The summed E-state index contributed by atoms with van der Waals surface area (Å²) in [5.41, 5.74) is 5.42. The molecule has 0 aromatic heterocycles. The normalized spacial score (nSPS) is 18.8. The van der Waals surface area contributed by atoms with E-state index in [0.717, 1.165) is 0 Å². The Morgan fingerprint density at radius 2 is 1.61 bits per heavy atom. The molecule has 8 nitrogen and oxygen atoms in total. The zero-order valence-electron chi connectivity index (χ0n) is 19.4. The van der Waals surface area contributed by atoms with E-state index >= 15 is 0 Å². The van der Waals surface area contributed by atoms with Crippen LogP contribution in [0, 0.1) is 5.92 Å². The average Bonchev–Trinajstić information content (AvgIpc) is 3.21. The van der Waals surface area contributed by atoms with Crippen molar-refractivity contribution in [2.24, 2.45) is 11.7 Å². The maximum Gasteiger partial charge on any atom is 0.246 e. The number of hydrogen-bond donors (Lipinski definition) is 1. The molecule has 172 valence electrons. The van der Waals surface area contributed by atoms with Crippen LogP contribution in [-0.4, -0.2) is 77.1 Å².